The zero-order valence-corrected chi connectivity index (χ0v) is 17.9. The van der Waals surface area contributed by atoms with E-state index in [0.29, 0.717) is 11.8 Å². The van der Waals surface area contributed by atoms with Gasteiger partial charge in [-0.1, -0.05) is 98.8 Å². The highest BCUT2D eigenvalue weighted by atomic mass is 16.4. The molecule has 150 valence electrons. The summed E-state index contributed by atoms with van der Waals surface area (Å²) in [7, 11) is 0. The van der Waals surface area contributed by atoms with E-state index in [2.05, 4.69) is 34.6 Å². The number of hydrogen-bond donors (Lipinski definition) is 1. The molecule has 3 unspecified atom stereocenters. The normalized spacial score (nSPS) is 15.3. The highest BCUT2D eigenvalue weighted by Gasteiger charge is 2.22. The Morgan fingerprint density at radius 1 is 0.760 bits per heavy atom. The van der Waals surface area contributed by atoms with Gasteiger partial charge in [0.2, 0.25) is 0 Å². The quantitative estimate of drug-likeness (QED) is 0.272. The van der Waals surface area contributed by atoms with Crippen molar-refractivity contribution >= 4 is 5.97 Å². The Morgan fingerprint density at radius 3 is 2.00 bits per heavy atom. The molecule has 0 bridgehead atoms. The summed E-state index contributed by atoms with van der Waals surface area (Å²) >= 11 is 0. The molecule has 3 atom stereocenters. The van der Waals surface area contributed by atoms with Crippen LogP contribution in [0.4, 0.5) is 0 Å². The third-order valence-electron chi connectivity index (χ3n) is 5.62. The first-order valence-electron chi connectivity index (χ1n) is 11.1. The molecule has 0 radical (unpaired) electrons. The Morgan fingerprint density at radius 2 is 1.44 bits per heavy atom. The molecule has 0 rings (SSSR count). The van der Waals surface area contributed by atoms with Crippen LogP contribution in [0, 0.1) is 23.7 Å². The van der Waals surface area contributed by atoms with Gasteiger partial charge >= 0.3 is 5.97 Å². The van der Waals surface area contributed by atoms with E-state index in [1.807, 2.05) is 0 Å². The first-order chi connectivity index (χ1) is 11.9. The lowest BCUT2D eigenvalue weighted by atomic mass is 9.83. The lowest BCUT2D eigenvalue weighted by molar-refractivity contribution is -0.142. The first-order valence-corrected chi connectivity index (χ1v) is 11.1. The van der Waals surface area contributed by atoms with Crippen LogP contribution in [-0.2, 0) is 4.79 Å². The van der Waals surface area contributed by atoms with Crippen molar-refractivity contribution in [1.82, 2.24) is 0 Å². The molecule has 0 heterocycles. The van der Waals surface area contributed by atoms with Crippen LogP contribution in [0.3, 0.4) is 0 Å². The molecule has 0 aromatic carbocycles. The van der Waals surface area contributed by atoms with Gasteiger partial charge in [-0.25, -0.2) is 0 Å². The minimum atomic E-state index is -0.568. The van der Waals surface area contributed by atoms with Crippen LogP contribution < -0.4 is 0 Å². The van der Waals surface area contributed by atoms with Crippen LogP contribution >= 0.6 is 0 Å². The van der Waals surface area contributed by atoms with Gasteiger partial charge < -0.3 is 5.11 Å². The van der Waals surface area contributed by atoms with Gasteiger partial charge in [0.1, 0.15) is 0 Å². The summed E-state index contributed by atoms with van der Waals surface area (Å²) in [5, 5.41) is 9.63. The van der Waals surface area contributed by atoms with Crippen LogP contribution in [0.15, 0.2) is 0 Å². The Bertz CT molecular complexity index is 311. The smallest absolute Gasteiger partial charge is 0.306 e. The summed E-state index contributed by atoms with van der Waals surface area (Å²) in [5.41, 5.74) is 0. The molecule has 0 saturated carbocycles. The highest BCUT2D eigenvalue weighted by molar-refractivity contribution is 5.69. The predicted molar refractivity (Wildman–Crippen MR) is 110 cm³/mol. The second-order valence-electron chi connectivity index (χ2n) is 8.78. The number of unbranched alkanes of at least 4 members (excludes halogenated alkanes) is 3. The van der Waals surface area contributed by atoms with E-state index in [4.69, 9.17) is 0 Å². The maximum absolute atomic E-state index is 11.7. The molecular formula is C23H46O2. The minimum absolute atomic E-state index is 0.128. The van der Waals surface area contributed by atoms with Crippen molar-refractivity contribution in [2.24, 2.45) is 23.7 Å². The van der Waals surface area contributed by atoms with E-state index < -0.39 is 5.97 Å². The van der Waals surface area contributed by atoms with Gasteiger partial charge in [-0.05, 0) is 37.0 Å². The number of hydrogen-bond acceptors (Lipinski definition) is 1. The van der Waals surface area contributed by atoms with E-state index >= 15 is 0 Å². The molecular weight excluding hydrogens is 308 g/mol. The molecule has 0 aromatic rings. The van der Waals surface area contributed by atoms with E-state index in [9.17, 15) is 9.90 Å². The average molecular weight is 355 g/mol. The summed E-state index contributed by atoms with van der Waals surface area (Å²) in [5.74, 6) is 1.40. The number of rotatable bonds is 17. The lowest BCUT2D eigenvalue weighted by Gasteiger charge is -2.22. The second-order valence-corrected chi connectivity index (χ2v) is 8.78. The molecule has 2 nitrogen and oxygen atoms in total. The molecule has 0 spiro atoms. The Balaban J connectivity index is 4.13. The standard InChI is InChI=1S/C23H46O2/c1-6-8-15-21(12-7-2)18-22(23(24)25)17-16-20(5)14-11-9-10-13-19(3)4/h19-22H,6-18H2,1-5H3,(H,24,25). The average Bonchev–Trinajstić information content (AvgIpc) is 2.55. The first kappa shape index (κ1) is 24.5. The molecule has 25 heavy (non-hydrogen) atoms. The van der Waals surface area contributed by atoms with Crippen molar-refractivity contribution in [3.05, 3.63) is 0 Å². The SMILES string of the molecule is CCCCC(CCC)CC(CCC(C)CCCCCC(C)C)C(=O)O. The van der Waals surface area contributed by atoms with E-state index in [-0.39, 0.29) is 5.92 Å². The van der Waals surface area contributed by atoms with Crippen LogP contribution in [0.25, 0.3) is 0 Å². The molecule has 0 aliphatic heterocycles. The van der Waals surface area contributed by atoms with Crippen molar-refractivity contribution in [1.29, 1.82) is 0 Å². The maximum atomic E-state index is 11.7. The molecule has 0 amide bonds. The maximum Gasteiger partial charge on any atom is 0.306 e. The van der Waals surface area contributed by atoms with Gasteiger partial charge in [0.25, 0.3) is 0 Å². The van der Waals surface area contributed by atoms with Gasteiger partial charge in [-0.3, -0.25) is 4.79 Å². The topological polar surface area (TPSA) is 37.3 Å². The fraction of sp³-hybridized carbons (Fsp3) is 0.957. The van der Waals surface area contributed by atoms with E-state index in [0.717, 1.165) is 25.2 Å². The summed E-state index contributed by atoms with van der Waals surface area (Å²) in [6.45, 7) is 11.3. The van der Waals surface area contributed by atoms with Crippen LogP contribution in [0.5, 0.6) is 0 Å². The number of aliphatic carboxylic acids is 1. The van der Waals surface area contributed by atoms with Crippen molar-refractivity contribution in [2.75, 3.05) is 0 Å². The number of carbonyl (C=O) groups is 1. The molecule has 0 fully saturated rings. The Labute approximate surface area is 158 Å². The molecule has 2 heteroatoms. The monoisotopic (exact) mass is 354 g/mol. The molecule has 0 aromatic heterocycles. The van der Waals surface area contributed by atoms with Crippen LogP contribution in [0.1, 0.15) is 118 Å². The second kappa shape index (κ2) is 15.7. The summed E-state index contributed by atoms with van der Waals surface area (Å²) in [6, 6.07) is 0. The van der Waals surface area contributed by atoms with Gasteiger partial charge in [-0.15, -0.1) is 0 Å². The summed E-state index contributed by atoms with van der Waals surface area (Å²) < 4.78 is 0. The fourth-order valence-corrected chi connectivity index (χ4v) is 3.88. The molecule has 0 saturated heterocycles. The predicted octanol–water partition coefficient (Wildman–Crippen LogP) is 7.71. The van der Waals surface area contributed by atoms with Crippen molar-refractivity contribution in [3.8, 4) is 0 Å². The fourth-order valence-electron chi connectivity index (χ4n) is 3.88. The molecule has 0 aliphatic carbocycles. The lowest BCUT2D eigenvalue weighted by Crippen LogP contribution is -2.19. The zero-order valence-electron chi connectivity index (χ0n) is 17.9. The number of carboxylic acid groups (broad SMARTS) is 1. The molecule has 1 N–H and O–H groups in total. The van der Waals surface area contributed by atoms with Gasteiger partial charge in [-0.2, -0.15) is 0 Å². The van der Waals surface area contributed by atoms with Crippen molar-refractivity contribution in [2.45, 2.75) is 118 Å². The molecule has 0 aliphatic rings. The van der Waals surface area contributed by atoms with E-state index in [1.165, 1.54) is 64.2 Å². The Hall–Kier alpha value is -0.530. The number of carboxylic acids is 1. The van der Waals surface area contributed by atoms with Gasteiger partial charge in [0.15, 0.2) is 0 Å². The van der Waals surface area contributed by atoms with Gasteiger partial charge in [0, 0.05) is 0 Å². The summed E-state index contributed by atoms with van der Waals surface area (Å²) in [6.07, 6.45) is 15.5. The zero-order chi connectivity index (χ0) is 19.1. The Kier molecular flexibility index (Phi) is 15.4. The summed E-state index contributed by atoms with van der Waals surface area (Å²) in [4.78, 5) is 11.7. The third-order valence-corrected chi connectivity index (χ3v) is 5.62. The van der Waals surface area contributed by atoms with E-state index in [1.54, 1.807) is 0 Å². The minimum Gasteiger partial charge on any atom is -0.481 e. The van der Waals surface area contributed by atoms with Crippen molar-refractivity contribution < 1.29 is 9.90 Å². The highest BCUT2D eigenvalue weighted by Crippen LogP contribution is 2.28. The van der Waals surface area contributed by atoms with Crippen LogP contribution in [0.2, 0.25) is 0 Å². The van der Waals surface area contributed by atoms with Gasteiger partial charge in [0.05, 0.1) is 5.92 Å². The van der Waals surface area contributed by atoms with Crippen molar-refractivity contribution in [3.63, 3.8) is 0 Å². The van der Waals surface area contributed by atoms with Crippen LogP contribution in [-0.4, -0.2) is 11.1 Å². The largest absolute Gasteiger partial charge is 0.481 e. The third kappa shape index (κ3) is 14.3.